The molecule has 1 amide bonds. The zero-order chi connectivity index (χ0) is 32.4. The highest BCUT2D eigenvalue weighted by Crippen LogP contribution is 1.96. The van der Waals surface area contributed by atoms with Crippen LogP contribution in [-0.2, 0) is 4.79 Å². The number of piperidine rings is 1. The fraction of sp³-hybridized carbons (Fsp3) is 0.688. The van der Waals surface area contributed by atoms with Crippen molar-refractivity contribution in [3.05, 3.63) is 63.4 Å². The summed E-state index contributed by atoms with van der Waals surface area (Å²) < 4.78 is 0. The van der Waals surface area contributed by atoms with E-state index in [9.17, 15) is 14.4 Å². The predicted octanol–water partition coefficient (Wildman–Crippen LogP) is 6.30. The van der Waals surface area contributed by atoms with Gasteiger partial charge in [0.15, 0.2) is 0 Å². The minimum Gasteiger partial charge on any atom is -0.356 e. The van der Waals surface area contributed by atoms with Crippen LogP contribution in [0.3, 0.4) is 0 Å². The van der Waals surface area contributed by atoms with Crippen LogP contribution < -0.4 is 27.1 Å². The Kier molecular flexibility index (Phi) is 58.6. The molecule has 242 valence electrons. The highest BCUT2D eigenvalue weighted by atomic mass is 16.2. The van der Waals surface area contributed by atoms with Gasteiger partial charge in [0.05, 0.1) is 0 Å². The third kappa shape index (κ3) is 47.4. The quantitative estimate of drug-likeness (QED) is 0.248. The Morgan fingerprint density at radius 1 is 0.561 bits per heavy atom. The van der Waals surface area contributed by atoms with Gasteiger partial charge in [0.1, 0.15) is 0 Å². The molecule has 5 rings (SSSR count). The number of nitrogens with one attached hydrogen (secondary N) is 5. The number of hydrogen-bond donors (Lipinski definition) is 5. The minimum atomic E-state index is -0.164. The molecule has 0 atom stereocenters. The fourth-order valence-electron chi connectivity index (χ4n) is 2.68. The second-order valence-corrected chi connectivity index (χ2v) is 7.06. The summed E-state index contributed by atoms with van der Waals surface area (Å²) in [5.41, 5.74) is -0.218. The van der Waals surface area contributed by atoms with Gasteiger partial charge in [-0.2, -0.15) is 5.10 Å². The first-order valence-corrected chi connectivity index (χ1v) is 16.0. The second kappa shape index (κ2) is 50.1. The topological polar surface area (TPSA) is 132 Å². The number of hydrogen-bond acceptors (Lipinski definition) is 6. The van der Waals surface area contributed by atoms with Crippen LogP contribution in [0.4, 0.5) is 0 Å². The first kappa shape index (κ1) is 48.0. The molecule has 0 bridgehead atoms. The average molecular weight is 583 g/mol. The van der Waals surface area contributed by atoms with E-state index in [-0.39, 0.29) is 17.0 Å². The molecule has 9 heteroatoms. The van der Waals surface area contributed by atoms with Crippen LogP contribution in [-0.4, -0.2) is 53.8 Å². The van der Waals surface area contributed by atoms with Crippen LogP contribution in [0.15, 0.2) is 52.3 Å². The summed E-state index contributed by atoms with van der Waals surface area (Å²) >= 11 is 0. The molecule has 3 aliphatic rings. The van der Waals surface area contributed by atoms with Crippen LogP contribution in [0.5, 0.6) is 0 Å². The molecule has 0 saturated carbocycles. The van der Waals surface area contributed by atoms with E-state index in [1.165, 1.54) is 76.6 Å². The van der Waals surface area contributed by atoms with Crippen molar-refractivity contribution in [2.45, 2.75) is 114 Å². The molecule has 5 N–H and O–H groups in total. The van der Waals surface area contributed by atoms with Crippen molar-refractivity contribution in [1.29, 1.82) is 0 Å². The summed E-state index contributed by atoms with van der Waals surface area (Å²) in [5.74, 6) is 0.204. The number of carbonyl (C=O) groups is 1. The molecule has 3 saturated heterocycles. The summed E-state index contributed by atoms with van der Waals surface area (Å²) in [5, 5.41) is 14.9. The molecule has 3 aliphatic heterocycles. The Bertz CT molecular complexity index is 681. The SMILES string of the molecule is C1CCNC1.C1CCNCC1.CC.CC.CC.CC.CC.O=C1CCCN1.O=c1cccc[nH]1.O=c1cccn[nH]1. The van der Waals surface area contributed by atoms with Crippen molar-refractivity contribution in [3.63, 3.8) is 0 Å². The minimum absolute atomic E-state index is 0.0532. The number of aromatic amines is 2. The van der Waals surface area contributed by atoms with Gasteiger partial charge >= 0.3 is 0 Å². The number of carbonyl (C=O) groups excluding carboxylic acids is 1. The van der Waals surface area contributed by atoms with E-state index in [0.29, 0.717) is 0 Å². The van der Waals surface area contributed by atoms with Crippen molar-refractivity contribution in [1.82, 2.24) is 31.1 Å². The number of pyridine rings is 1. The zero-order valence-electron chi connectivity index (χ0n) is 28.2. The van der Waals surface area contributed by atoms with E-state index in [1.807, 2.05) is 69.2 Å². The van der Waals surface area contributed by atoms with E-state index >= 15 is 0 Å². The van der Waals surface area contributed by atoms with Crippen molar-refractivity contribution < 1.29 is 4.79 Å². The maximum atomic E-state index is 10.2. The van der Waals surface area contributed by atoms with Crippen molar-refractivity contribution in [2.75, 3.05) is 32.7 Å². The lowest BCUT2D eigenvalue weighted by molar-refractivity contribution is -0.119. The van der Waals surface area contributed by atoms with Gasteiger partial charge in [0.2, 0.25) is 11.5 Å². The Hall–Kier alpha value is -2.78. The van der Waals surface area contributed by atoms with E-state index in [2.05, 4.69) is 31.1 Å². The van der Waals surface area contributed by atoms with Gasteiger partial charge in [-0.15, -0.1) is 0 Å². The van der Waals surface area contributed by atoms with Gasteiger partial charge < -0.3 is 20.9 Å². The van der Waals surface area contributed by atoms with Crippen molar-refractivity contribution >= 4 is 5.91 Å². The molecule has 0 aromatic carbocycles. The number of aromatic nitrogens is 3. The number of rotatable bonds is 0. The highest BCUT2D eigenvalue weighted by molar-refractivity contribution is 5.77. The number of H-pyrrole nitrogens is 2. The predicted molar refractivity (Wildman–Crippen MR) is 180 cm³/mol. The maximum Gasteiger partial charge on any atom is 0.264 e. The summed E-state index contributed by atoms with van der Waals surface area (Å²) in [4.78, 5) is 33.0. The summed E-state index contributed by atoms with van der Waals surface area (Å²) in [6.45, 7) is 25.9. The smallest absolute Gasteiger partial charge is 0.264 e. The van der Waals surface area contributed by atoms with Crippen molar-refractivity contribution in [2.24, 2.45) is 0 Å². The van der Waals surface area contributed by atoms with Crippen LogP contribution in [0.25, 0.3) is 0 Å². The van der Waals surface area contributed by atoms with Gasteiger partial charge in [-0.05, 0) is 70.4 Å². The van der Waals surface area contributed by atoms with Crippen LogP contribution in [0, 0.1) is 0 Å². The van der Waals surface area contributed by atoms with E-state index in [0.717, 1.165) is 19.4 Å². The molecule has 0 spiro atoms. The van der Waals surface area contributed by atoms with Gasteiger partial charge in [0, 0.05) is 37.5 Å². The van der Waals surface area contributed by atoms with Crippen LogP contribution >= 0.6 is 0 Å². The first-order valence-electron chi connectivity index (χ1n) is 16.0. The molecule has 3 fully saturated rings. The Morgan fingerprint density at radius 3 is 1.22 bits per heavy atom. The molecule has 0 radical (unpaired) electrons. The molecule has 2 aromatic heterocycles. The number of nitrogens with zero attached hydrogens (tertiary/aromatic N) is 1. The van der Waals surface area contributed by atoms with Gasteiger partial charge in [-0.1, -0.05) is 81.7 Å². The first-order chi connectivity index (χ1) is 20.2. The molecule has 5 heterocycles. The lowest BCUT2D eigenvalue weighted by Crippen LogP contribution is -2.21. The summed E-state index contributed by atoms with van der Waals surface area (Å²) in [6.07, 6.45) is 11.9. The maximum absolute atomic E-state index is 10.2. The Morgan fingerprint density at radius 2 is 1.05 bits per heavy atom. The van der Waals surface area contributed by atoms with E-state index in [1.54, 1.807) is 24.4 Å². The molecular weight excluding hydrogens is 516 g/mol. The third-order valence-electron chi connectivity index (χ3n) is 4.33. The standard InChI is InChI=1S/C5H5NO.C5H11N.C4H4N2O.C4H7NO.C4H9N.5C2H6/c7-5-3-1-2-4-6-5;1-2-4-6-5-3-1;7-4-2-1-3-5-6-4;6-4-2-1-3-5-4;1-2-4-5-3-1;5*1-2/h1-4H,(H,6,7);6H,1-5H2;1-3H,(H,6,7);1-3H2,(H,5,6);5H,1-4H2;5*1-2H3. The third-order valence-corrected chi connectivity index (χ3v) is 4.33. The molecule has 2 aromatic rings. The highest BCUT2D eigenvalue weighted by Gasteiger charge is 2.05. The lowest BCUT2D eigenvalue weighted by atomic mass is 10.2. The molecule has 41 heavy (non-hydrogen) atoms. The Balaban J connectivity index is -0.000000123. The van der Waals surface area contributed by atoms with Crippen molar-refractivity contribution in [3.8, 4) is 0 Å². The fourth-order valence-corrected chi connectivity index (χ4v) is 2.68. The number of amides is 1. The monoisotopic (exact) mass is 583 g/mol. The largest absolute Gasteiger partial charge is 0.356 e. The molecular formula is C32H66N6O3. The van der Waals surface area contributed by atoms with E-state index < -0.39 is 0 Å². The molecule has 0 unspecified atom stereocenters. The lowest BCUT2D eigenvalue weighted by Gasteiger charge is -2.08. The average Bonchev–Trinajstić information content (AvgIpc) is 3.83. The van der Waals surface area contributed by atoms with Gasteiger partial charge in [0.25, 0.3) is 5.56 Å². The van der Waals surface area contributed by atoms with Gasteiger partial charge in [-0.25, -0.2) is 5.10 Å². The summed E-state index contributed by atoms with van der Waals surface area (Å²) in [6, 6.07) is 7.92. The zero-order valence-corrected chi connectivity index (χ0v) is 28.2. The normalized spacial score (nSPS) is 13.2. The Labute approximate surface area is 252 Å². The molecule has 0 aliphatic carbocycles. The van der Waals surface area contributed by atoms with Gasteiger partial charge in [-0.3, -0.25) is 14.4 Å². The second-order valence-electron chi connectivity index (χ2n) is 7.06. The van der Waals surface area contributed by atoms with Crippen LogP contribution in [0.2, 0.25) is 0 Å². The summed E-state index contributed by atoms with van der Waals surface area (Å²) in [7, 11) is 0. The molecule has 9 nitrogen and oxygen atoms in total. The van der Waals surface area contributed by atoms with E-state index in [4.69, 9.17) is 0 Å². The van der Waals surface area contributed by atoms with Crippen LogP contribution in [0.1, 0.15) is 114 Å².